The predicted octanol–water partition coefficient (Wildman–Crippen LogP) is 3.91. The Morgan fingerprint density at radius 1 is 1.22 bits per heavy atom. The van der Waals surface area contributed by atoms with Crippen molar-refractivity contribution in [2.45, 2.75) is 39.4 Å². The number of carbonyl (C=O) groups is 1. The van der Waals surface area contributed by atoms with E-state index < -0.39 is 0 Å². The highest BCUT2D eigenvalue weighted by Gasteiger charge is 2.35. The van der Waals surface area contributed by atoms with Crippen LogP contribution in [0.2, 0.25) is 5.02 Å². The number of hydrogen-bond donors (Lipinski definition) is 1. The van der Waals surface area contributed by atoms with Gasteiger partial charge in [0.15, 0.2) is 5.75 Å². The summed E-state index contributed by atoms with van der Waals surface area (Å²) in [5.41, 5.74) is 3.93. The van der Waals surface area contributed by atoms with Crippen LogP contribution in [0.15, 0.2) is 41.8 Å². The maximum Gasteiger partial charge on any atom is 0.350 e. The number of hydrogen-bond acceptors (Lipinski definition) is 6. The lowest BCUT2D eigenvalue weighted by atomic mass is 9.94. The fourth-order valence-corrected chi connectivity index (χ4v) is 5.99. The normalized spacial score (nSPS) is 19.4. The zero-order valence-corrected chi connectivity index (χ0v) is 21.7. The molecule has 10 heteroatoms. The van der Waals surface area contributed by atoms with Crippen molar-refractivity contribution in [2.24, 2.45) is 0 Å². The highest BCUT2D eigenvalue weighted by Crippen LogP contribution is 2.48. The molecular formula is C27H27ClN6O3. The van der Waals surface area contributed by atoms with Crippen LogP contribution in [0.25, 0.3) is 32.9 Å². The minimum atomic E-state index is -0.331. The van der Waals surface area contributed by atoms with Gasteiger partial charge in [-0.25, -0.2) is 4.79 Å². The molecule has 0 saturated carbocycles. The number of nitrogens with zero attached hydrogens (tertiary/aromatic N) is 5. The smallest absolute Gasteiger partial charge is 0.350 e. The van der Waals surface area contributed by atoms with Crippen LogP contribution in [0.5, 0.6) is 5.75 Å². The fraction of sp³-hybridized carbons (Fsp3) is 0.333. The molecule has 4 heterocycles. The van der Waals surface area contributed by atoms with Crippen LogP contribution >= 0.6 is 11.6 Å². The van der Waals surface area contributed by atoms with Gasteiger partial charge in [0.05, 0.1) is 28.8 Å². The number of aromatic amines is 1. The molecule has 1 unspecified atom stereocenters. The molecule has 1 N–H and O–H groups in total. The summed E-state index contributed by atoms with van der Waals surface area (Å²) in [5, 5.41) is 9.44. The third-order valence-electron chi connectivity index (χ3n) is 7.51. The van der Waals surface area contributed by atoms with Gasteiger partial charge in [-0.15, -0.1) is 0 Å². The maximum absolute atomic E-state index is 13.3. The molecule has 2 aromatic heterocycles. The Labute approximate surface area is 218 Å². The molecule has 0 radical (unpaired) electrons. The minimum Gasteiger partial charge on any atom is -0.489 e. The van der Waals surface area contributed by atoms with E-state index in [1.54, 1.807) is 15.7 Å². The van der Waals surface area contributed by atoms with Crippen LogP contribution in [-0.2, 0) is 11.3 Å². The first-order chi connectivity index (χ1) is 17.8. The van der Waals surface area contributed by atoms with Crippen LogP contribution in [0.3, 0.4) is 0 Å². The summed E-state index contributed by atoms with van der Waals surface area (Å²) in [6, 6.07) is 5.74. The minimum absolute atomic E-state index is 0.0706. The summed E-state index contributed by atoms with van der Waals surface area (Å²) in [7, 11) is 0. The molecular weight excluding hydrogens is 492 g/mol. The van der Waals surface area contributed by atoms with Gasteiger partial charge in [0.25, 0.3) is 0 Å². The number of rotatable bonds is 3. The van der Waals surface area contributed by atoms with E-state index in [9.17, 15) is 9.59 Å². The molecule has 0 aliphatic carbocycles. The van der Waals surface area contributed by atoms with E-state index in [4.69, 9.17) is 16.3 Å². The topological polar surface area (TPSA) is 96.4 Å². The summed E-state index contributed by atoms with van der Waals surface area (Å²) in [6.45, 7) is 11.4. The summed E-state index contributed by atoms with van der Waals surface area (Å²) >= 11 is 7.03. The highest BCUT2D eigenvalue weighted by atomic mass is 35.5. The maximum atomic E-state index is 13.3. The average Bonchev–Trinajstić information content (AvgIpc) is 3.36. The van der Waals surface area contributed by atoms with Gasteiger partial charge in [0.2, 0.25) is 5.91 Å². The van der Waals surface area contributed by atoms with Gasteiger partial charge in [-0.2, -0.15) is 10.1 Å². The molecule has 9 nitrogen and oxygen atoms in total. The molecule has 4 aromatic rings. The van der Waals surface area contributed by atoms with E-state index in [0.717, 1.165) is 33.0 Å². The van der Waals surface area contributed by atoms with Crippen molar-refractivity contribution in [2.75, 3.05) is 24.6 Å². The first-order valence-electron chi connectivity index (χ1n) is 12.3. The van der Waals surface area contributed by atoms with E-state index in [0.29, 0.717) is 48.3 Å². The van der Waals surface area contributed by atoms with Crippen molar-refractivity contribution in [3.63, 3.8) is 0 Å². The van der Waals surface area contributed by atoms with Gasteiger partial charge in [-0.05, 0) is 44.5 Å². The largest absolute Gasteiger partial charge is 0.489 e. The summed E-state index contributed by atoms with van der Waals surface area (Å²) in [5.74, 6) is 1.03. The van der Waals surface area contributed by atoms with Gasteiger partial charge in [0, 0.05) is 47.1 Å². The summed E-state index contributed by atoms with van der Waals surface area (Å²) < 4.78 is 7.94. The van der Waals surface area contributed by atoms with E-state index in [-0.39, 0.29) is 23.7 Å². The standard InChI is InChI=1S/C27H27ClN6O3/c1-5-21(35)33-12-16(4)34(13-15(33)3)26-17-10-19(28)23(22-14(2)6-7-20-18(22)11-29-31-20)25-24(17)32(8-9-37-25)27(36)30-26/h5-7,10-11,15-16H,1,8-9,12-13H2,2-4H3,(H,29,31)/t15-,16?/m1/s1. The Kier molecular flexibility index (Phi) is 5.49. The molecule has 2 aliphatic heterocycles. The number of carbonyl (C=O) groups excluding carboxylic acids is 1. The zero-order chi connectivity index (χ0) is 26.0. The number of amides is 1. The van der Waals surface area contributed by atoms with Crippen molar-refractivity contribution < 1.29 is 9.53 Å². The van der Waals surface area contributed by atoms with E-state index in [1.165, 1.54) is 6.08 Å². The number of nitrogens with one attached hydrogen (secondary N) is 1. The molecule has 2 aromatic carbocycles. The summed E-state index contributed by atoms with van der Waals surface area (Å²) in [6.07, 6.45) is 3.12. The van der Waals surface area contributed by atoms with Crippen LogP contribution in [0.1, 0.15) is 19.4 Å². The Morgan fingerprint density at radius 3 is 2.81 bits per heavy atom. The first kappa shape index (κ1) is 23.5. The van der Waals surface area contributed by atoms with Gasteiger partial charge in [-0.3, -0.25) is 14.5 Å². The first-order valence-corrected chi connectivity index (χ1v) is 12.7. The Hall–Kier alpha value is -3.85. The second-order valence-corrected chi connectivity index (χ2v) is 10.2. The lowest BCUT2D eigenvalue weighted by Crippen LogP contribution is -2.58. The number of piperazine rings is 1. The van der Waals surface area contributed by atoms with Crippen molar-refractivity contribution in [1.29, 1.82) is 0 Å². The molecule has 0 spiro atoms. The van der Waals surface area contributed by atoms with Gasteiger partial charge in [0.1, 0.15) is 12.4 Å². The average molecular weight is 519 g/mol. The van der Waals surface area contributed by atoms with Gasteiger partial charge in [-0.1, -0.05) is 24.2 Å². The second-order valence-electron chi connectivity index (χ2n) is 9.81. The second kappa shape index (κ2) is 8.62. The lowest BCUT2D eigenvalue weighted by Gasteiger charge is -2.44. The van der Waals surface area contributed by atoms with Crippen molar-refractivity contribution >= 4 is 45.1 Å². The number of anilines is 1. The Bertz CT molecular complexity index is 1660. The molecule has 2 atom stereocenters. The monoisotopic (exact) mass is 518 g/mol. The van der Waals surface area contributed by atoms with Crippen molar-refractivity contribution in [3.8, 4) is 16.9 Å². The van der Waals surface area contributed by atoms with Gasteiger partial charge >= 0.3 is 5.69 Å². The quantitative estimate of drug-likeness (QED) is 0.413. The van der Waals surface area contributed by atoms with Crippen LogP contribution in [0.4, 0.5) is 5.82 Å². The fourth-order valence-electron chi connectivity index (χ4n) is 5.70. The molecule has 190 valence electrons. The Morgan fingerprint density at radius 2 is 2.03 bits per heavy atom. The van der Waals surface area contributed by atoms with Crippen LogP contribution in [-0.4, -0.2) is 62.3 Å². The molecule has 2 aliphatic rings. The summed E-state index contributed by atoms with van der Waals surface area (Å²) in [4.78, 5) is 34.1. The van der Waals surface area contributed by atoms with E-state index in [2.05, 4.69) is 26.7 Å². The van der Waals surface area contributed by atoms with Crippen molar-refractivity contribution in [1.82, 2.24) is 24.6 Å². The lowest BCUT2D eigenvalue weighted by molar-refractivity contribution is -0.128. The number of aromatic nitrogens is 4. The molecule has 0 bridgehead atoms. The third-order valence-corrected chi connectivity index (χ3v) is 7.81. The van der Waals surface area contributed by atoms with Crippen LogP contribution in [0, 0.1) is 6.92 Å². The Balaban J connectivity index is 1.59. The molecule has 1 saturated heterocycles. The number of H-pyrrole nitrogens is 1. The van der Waals surface area contributed by atoms with Gasteiger partial charge < -0.3 is 14.5 Å². The number of halogens is 1. The van der Waals surface area contributed by atoms with E-state index >= 15 is 0 Å². The molecule has 6 rings (SSSR count). The third kappa shape index (κ3) is 3.52. The van der Waals surface area contributed by atoms with E-state index in [1.807, 2.05) is 39.0 Å². The number of benzene rings is 2. The highest BCUT2D eigenvalue weighted by molar-refractivity contribution is 6.35. The number of aryl methyl sites for hydroxylation is 1. The number of fused-ring (bicyclic) bond motifs is 1. The predicted molar refractivity (Wildman–Crippen MR) is 145 cm³/mol. The molecule has 1 amide bonds. The molecule has 1 fully saturated rings. The van der Waals surface area contributed by atoms with Crippen LogP contribution < -0.4 is 15.3 Å². The van der Waals surface area contributed by atoms with Crippen molar-refractivity contribution in [3.05, 3.63) is 58.1 Å². The number of ether oxygens (including phenoxy) is 1. The molecule has 37 heavy (non-hydrogen) atoms. The SMILES string of the molecule is C=CC(=O)N1CC(C)N(c2nc(=O)n3c4c(c(-c5c(C)ccc6[nH]ncc56)c(Cl)cc24)OCC3)C[C@H]1C. The zero-order valence-electron chi connectivity index (χ0n) is 20.9.